The molecular weight excluding hydrogens is 244 g/mol. The Labute approximate surface area is 112 Å². The summed E-state index contributed by atoms with van der Waals surface area (Å²) in [6.07, 6.45) is 6.05. The Morgan fingerprint density at radius 2 is 2.00 bits per heavy atom. The molecule has 0 unspecified atom stereocenters. The van der Waals surface area contributed by atoms with Gasteiger partial charge in [0.1, 0.15) is 0 Å². The molecule has 106 valence electrons. The van der Waals surface area contributed by atoms with Crippen LogP contribution in [-0.4, -0.2) is 21.7 Å². The van der Waals surface area contributed by atoms with Crippen LogP contribution in [0.3, 0.4) is 0 Å². The molecule has 0 radical (unpaired) electrons. The second-order valence-electron chi connectivity index (χ2n) is 6.01. The minimum atomic E-state index is -0.576. The number of anilines is 1. The van der Waals surface area contributed by atoms with Crippen molar-refractivity contribution in [2.75, 3.05) is 11.9 Å². The maximum absolute atomic E-state index is 11.6. The average Bonchev–Trinajstić information content (AvgIpc) is 2.76. The van der Waals surface area contributed by atoms with Gasteiger partial charge in [0.15, 0.2) is 0 Å². The molecule has 1 aliphatic carbocycles. The molecule has 1 saturated carbocycles. The molecule has 0 saturated heterocycles. The van der Waals surface area contributed by atoms with Gasteiger partial charge >= 0.3 is 5.69 Å². The summed E-state index contributed by atoms with van der Waals surface area (Å²) in [5, 5.41) is 9.11. The summed E-state index contributed by atoms with van der Waals surface area (Å²) in [5.74, 6) is 0.844. The predicted octanol–water partition coefficient (Wildman–Crippen LogP) is 1.48. The zero-order valence-electron chi connectivity index (χ0n) is 11.6. The standard InChI is InChI=1S/C13H22N4O2/c1-9(2)7-13(5-3-4-6-13)8-14-10-11(18)15-12(19)17-16-10/h9H,3-8H2,1-2H3,(H,14,16)(H2,15,17,18,19). The summed E-state index contributed by atoms with van der Waals surface area (Å²) in [4.78, 5) is 24.7. The second-order valence-corrected chi connectivity index (χ2v) is 6.01. The first-order valence-electron chi connectivity index (χ1n) is 6.94. The van der Waals surface area contributed by atoms with E-state index in [1.54, 1.807) is 0 Å². The molecule has 0 spiro atoms. The molecule has 0 amide bonds. The van der Waals surface area contributed by atoms with Crippen LogP contribution < -0.4 is 16.6 Å². The lowest BCUT2D eigenvalue weighted by Crippen LogP contribution is -2.33. The molecule has 1 aliphatic rings. The van der Waals surface area contributed by atoms with E-state index in [-0.39, 0.29) is 11.2 Å². The molecule has 0 aromatic carbocycles. The highest BCUT2D eigenvalue weighted by Crippen LogP contribution is 2.42. The van der Waals surface area contributed by atoms with Crippen molar-refractivity contribution in [2.24, 2.45) is 11.3 Å². The van der Waals surface area contributed by atoms with Crippen LogP contribution in [0, 0.1) is 11.3 Å². The lowest BCUT2D eigenvalue weighted by Gasteiger charge is -2.31. The maximum atomic E-state index is 11.6. The molecule has 0 bridgehead atoms. The van der Waals surface area contributed by atoms with E-state index in [9.17, 15) is 9.59 Å². The van der Waals surface area contributed by atoms with Gasteiger partial charge in [-0.15, -0.1) is 5.10 Å². The van der Waals surface area contributed by atoms with E-state index >= 15 is 0 Å². The fourth-order valence-corrected chi connectivity index (χ4v) is 3.18. The number of nitrogens with one attached hydrogen (secondary N) is 3. The normalized spacial score (nSPS) is 17.8. The van der Waals surface area contributed by atoms with Crippen LogP contribution in [-0.2, 0) is 0 Å². The lowest BCUT2D eigenvalue weighted by molar-refractivity contribution is 0.252. The van der Waals surface area contributed by atoms with Gasteiger partial charge in [-0.05, 0) is 30.6 Å². The molecule has 0 aliphatic heterocycles. The third-order valence-electron chi connectivity index (χ3n) is 3.85. The van der Waals surface area contributed by atoms with Gasteiger partial charge in [-0.25, -0.2) is 9.89 Å². The van der Waals surface area contributed by atoms with Crippen molar-refractivity contribution in [3.63, 3.8) is 0 Å². The Morgan fingerprint density at radius 3 is 2.58 bits per heavy atom. The zero-order chi connectivity index (χ0) is 13.9. The third-order valence-corrected chi connectivity index (χ3v) is 3.85. The van der Waals surface area contributed by atoms with Gasteiger partial charge in [0.25, 0.3) is 5.56 Å². The van der Waals surface area contributed by atoms with Crippen LogP contribution in [0.2, 0.25) is 0 Å². The van der Waals surface area contributed by atoms with Crippen LogP contribution in [0.5, 0.6) is 0 Å². The summed E-state index contributed by atoms with van der Waals surface area (Å²) in [5.41, 5.74) is -0.770. The first-order valence-corrected chi connectivity index (χ1v) is 6.94. The van der Waals surface area contributed by atoms with Gasteiger partial charge in [-0.1, -0.05) is 26.7 Å². The molecule has 2 rings (SSSR count). The van der Waals surface area contributed by atoms with E-state index in [4.69, 9.17) is 0 Å². The fraction of sp³-hybridized carbons (Fsp3) is 0.769. The third kappa shape index (κ3) is 3.45. The van der Waals surface area contributed by atoms with Crippen LogP contribution >= 0.6 is 0 Å². The SMILES string of the molecule is CC(C)CC1(CNc2n[nH]c(=O)[nH]c2=O)CCCC1. The van der Waals surface area contributed by atoms with E-state index in [1.165, 1.54) is 25.7 Å². The molecule has 3 N–H and O–H groups in total. The Hall–Kier alpha value is -1.59. The number of rotatable bonds is 5. The van der Waals surface area contributed by atoms with Crippen molar-refractivity contribution < 1.29 is 0 Å². The highest BCUT2D eigenvalue weighted by molar-refractivity contribution is 5.29. The van der Waals surface area contributed by atoms with E-state index < -0.39 is 11.2 Å². The number of aromatic nitrogens is 3. The second kappa shape index (κ2) is 5.59. The Balaban J connectivity index is 2.06. The van der Waals surface area contributed by atoms with Crippen LogP contribution in [0.15, 0.2) is 9.59 Å². The van der Waals surface area contributed by atoms with Crippen molar-refractivity contribution in [2.45, 2.75) is 46.0 Å². The molecule has 6 heteroatoms. The minimum absolute atomic E-state index is 0.203. The fourth-order valence-electron chi connectivity index (χ4n) is 3.18. The molecule has 1 fully saturated rings. The molecular formula is C13H22N4O2. The molecule has 6 nitrogen and oxygen atoms in total. The number of hydrogen-bond donors (Lipinski definition) is 3. The summed E-state index contributed by atoms with van der Waals surface area (Å²) < 4.78 is 0. The van der Waals surface area contributed by atoms with Gasteiger partial charge in [0.05, 0.1) is 0 Å². The number of aromatic amines is 2. The first-order chi connectivity index (χ1) is 9.01. The monoisotopic (exact) mass is 266 g/mol. The van der Waals surface area contributed by atoms with Crippen molar-refractivity contribution in [3.05, 3.63) is 20.8 Å². The lowest BCUT2D eigenvalue weighted by atomic mass is 9.78. The Morgan fingerprint density at radius 1 is 1.32 bits per heavy atom. The summed E-state index contributed by atoms with van der Waals surface area (Å²) in [6, 6.07) is 0. The quantitative estimate of drug-likeness (QED) is 0.753. The first kappa shape index (κ1) is 13.8. The molecule has 19 heavy (non-hydrogen) atoms. The van der Waals surface area contributed by atoms with Crippen molar-refractivity contribution in [1.82, 2.24) is 15.2 Å². The van der Waals surface area contributed by atoms with Gasteiger partial charge in [-0.2, -0.15) is 0 Å². The Bertz CT molecular complexity index is 526. The largest absolute Gasteiger partial charge is 0.363 e. The van der Waals surface area contributed by atoms with Crippen LogP contribution in [0.4, 0.5) is 5.82 Å². The average molecular weight is 266 g/mol. The summed E-state index contributed by atoms with van der Waals surface area (Å²) in [6.45, 7) is 5.20. The zero-order valence-corrected chi connectivity index (χ0v) is 11.6. The summed E-state index contributed by atoms with van der Waals surface area (Å²) in [7, 11) is 0. The molecule has 1 aromatic heterocycles. The number of H-pyrrole nitrogens is 2. The molecule has 1 heterocycles. The van der Waals surface area contributed by atoms with E-state index in [2.05, 4.69) is 34.3 Å². The number of hydrogen-bond acceptors (Lipinski definition) is 4. The van der Waals surface area contributed by atoms with E-state index in [1.807, 2.05) is 0 Å². The minimum Gasteiger partial charge on any atom is -0.363 e. The summed E-state index contributed by atoms with van der Waals surface area (Å²) >= 11 is 0. The van der Waals surface area contributed by atoms with Crippen LogP contribution in [0.25, 0.3) is 0 Å². The van der Waals surface area contributed by atoms with Crippen molar-refractivity contribution in [3.8, 4) is 0 Å². The maximum Gasteiger partial charge on any atom is 0.342 e. The highest BCUT2D eigenvalue weighted by atomic mass is 16.2. The smallest absolute Gasteiger partial charge is 0.342 e. The van der Waals surface area contributed by atoms with Crippen molar-refractivity contribution in [1.29, 1.82) is 0 Å². The van der Waals surface area contributed by atoms with Gasteiger partial charge < -0.3 is 5.32 Å². The van der Waals surface area contributed by atoms with E-state index in [0.29, 0.717) is 5.92 Å². The van der Waals surface area contributed by atoms with Crippen LogP contribution in [0.1, 0.15) is 46.0 Å². The Kier molecular flexibility index (Phi) is 4.07. The highest BCUT2D eigenvalue weighted by Gasteiger charge is 2.34. The van der Waals surface area contributed by atoms with Crippen molar-refractivity contribution >= 4 is 5.82 Å². The van der Waals surface area contributed by atoms with Gasteiger partial charge in [0.2, 0.25) is 5.82 Å². The molecule has 0 atom stereocenters. The predicted molar refractivity (Wildman–Crippen MR) is 74.3 cm³/mol. The molecule has 1 aromatic rings. The van der Waals surface area contributed by atoms with Gasteiger partial charge in [0, 0.05) is 6.54 Å². The topological polar surface area (TPSA) is 90.6 Å². The van der Waals surface area contributed by atoms with E-state index in [0.717, 1.165) is 13.0 Å². The number of nitrogens with zero attached hydrogens (tertiary/aromatic N) is 1. The van der Waals surface area contributed by atoms with Gasteiger partial charge in [-0.3, -0.25) is 9.78 Å².